The van der Waals surface area contributed by atoms with Crippen LogP contribution < -0.4 is 5.73 Å². The van der Waals surface area contributed by atoms with Gasteiger partial charge in [-0.2, -0.15) is 10.2 Å². The molecule has 0 fully saturated rings. The normalized spacial score (nSPS) is 10.7. The number of aryl methyl sites for hydroxylation is 2. The third-order valence-corrected chi connectivity index (χ3v) is 2.69. The number of hydrogen-bond donors (Lipinski definition) is 4. The molecule has 0 saturated heterocycles. The lowest BCUT2D eigenvalue weighted by molar-refractivity contribution is 1.02. The van der Waals surface area contributed by atoms with Crippen LogP contribution in [-0.4, -0.2) is 26.2 Å². The van der Waals surface area contributed by atoms with E-state index >= 15 is 0 Å². The maximum absolute atomic E-state index is 7.54. The second-order valence-electron chi connectivity index (χ2n) is 3.81. The first kappa shape index (κ1) is 10.4. The van der Waals surface area contributed by atoms with Crippen LogP contribution in [-0.2, 0) is 0 Å². The minimum absolute atomic E-state index is 0.00121. The fraction of sp³-hybridized carbons (Fsp3) is 0.300. The quantitative estimate of drug-likeness (QED) is 0.446. The van der Waals surface area contributed by atoms with Gasteiger partial charge < -0.3 is 5.73 Å². The molecule has 0 aromatic carbocycles. The highest BCUT2D eigenvalue weighted by Gasteiger charge is 2.19. The third kappa shape index (κ3) is 1.39. The molecule has 0 aliphatic carbocycles. The number of aromatic amines is 2. The number of amidine groups is 1. The Bertz CT molecular complexity index is 548. The van der Waals surface area contributed by atoms with Crippen molar-refractivity contribution in [3.8, 4) is 11.4 Å². The Labute approximate surface area is 92.8 Å². The molecular formula is C10H14N6. The Morgan fingerprint density at radius 1 is 1.06 bits per heavy atom. The molecule has 2 aromatic heterocycles. The fourth-order valence-electron chi connectivity index (χ4n) is 1.65. The molecule has 0 unspecified atom stereocenters. The lowest BCUT2D eigenvalue weighted by Gasteiger charge is -1.99. The Balaban J connectivity index is 2.65. The molecule has 84 valence electrons. The first-order valence-electron chi connectivity index (χ1n) is 4.93. The first-order valence-corrected chi connectivity index (χ1v) is 4.93. The second kappa shape index (κ2) is 3.48. The monoisotopic (exact) mass is 218 g/mol. The van der Waals surface area contributed by atoms with E-state index in [-0.39, 0.29) is 5.84 Å². The second-order valence-corrected chi connectivity index (χ2v) is 3.81. The zero-order chi connectivity index (χ0) is 11.9. The van der Waals surface area contributed by atoms with E-state index in [0.717, 1.165) is 22.6 Å². The lowest BCUT2D eigenvalue weighted by atomic mass is 10.1. The van der Waals surface area contributed by atoms with Crippen LogP contribution in [0.3, 0.4) is 0 Å². The predicted molar refractivity (Wildman–Crippen MR) is 61.4 cm³/mol. The van der Waals surface area contributed by atoms with Gasteiger partial charge in [0.25, 0.3) is 0 Å². The molecule has 2 aromatic rings. The summed E-state index contributed by atoms with van der Waals surface area (Å²) in [6, 6.07) is 0. The Morgan fingerprint density at radius 3 is 2.12 bits per heavy atom. The van der Waals surface area contributed by atoms with Crippen molar-refractivity contribution in [1.29, 1.82) is 5.41 Å². The number of hydrogen-bond acceptors (Lipinski definition) is 3. The van der Waals surface area contributed by atoms with E-state index in [2.05, 4.69) is 20.4 Å². The maximum atomic E-state index is 7.54. The summed E-state index contributed by atoms with van der Waals surface area (Å²) in [6.45, 7) is 5.74. The van der Waals surface area contributed by atoms with E-state index in [9.17, 15) is 0 Å². The zero-order valence-electron chi connectivity index (χ0n) is 9.47. The molecular weight excluding hydrogens is 204 g/mol. The van der Waals surface area contributed by atoms with Crippen molar-refractivity contribution in [3.63, 3.8) is 0 Å². The average Bonchev–Trinajstić information content (AvgIpc) is 2.72. The van der Waals surface area contributed by atoms with Crippen molar-refractivity contribution in [2.45, 2.75) is 20.8 Å². The summed E-state index contributed by atoms with van der Waals surface area (Å²) in [5.74, 6) is 0.00121. The van der Waals surface area contributed by atoms with E-state index < -0.39 is 0 Å². The third-order valence-electron chi connectivity index (χ3n) is 2.69. The van der Waals surface area contributed by atoms with Gasteiger partial charge in [0.1, 0.15) is 17.2 Å². The molecule has 5 N–H and O–H groups in total. The summed E-state index contributed by atoms with van der Waals surface area (Å²) in [5.41, 5.74) is 10.3. The highest BCUT2D eigenvalue weighted by Crippen LogP contribution is 2.25. The highest BCUT2D eigenvalue weighted by molar-refractivity contribution is 6.01. The molecule has 0 saturated carbocycles. The van der Waals surface area contributed by atoms with Gasteiger partial charge in [0.2, 0.25) is 0 Å². The Kier molecular flexibility index (Phi) is 2.26. The van der Waals surface area contributed by atoms with Crippen molar-refractivity contribution in [1.82, 2.24) is 20.4 Å². The Morgan fingerprint density at radius 2 is 1.62 bits per heavy atom. The van der Waals surface area contributed by atoms with Gasteiger partial charge >= 0.3 is 0 Å². The number of nitrogens with two attached hydrogens (primary N) is 1. The molecule has 2 heterocycles. The van der Waals surface area contributed by atoms with Crippen LogP contribution in [0.15, 0.2) is 0 Å². The predicted octanol–water partition coefficient (Wildman–Crippen LogP) is 1.01. The molecule has 0 aliphatic heterocycles. The molecule has 2 rings (SSSR count). The van der Waals surface area contributed by atoms with Crippen LogP contribution in [0.25, 0.3) is 11.4 Å². The van der Waals surface area contributed by atoms with E-state index in [0.29, 0.717) is 11.3 Å². The van der Waals surface area contributed by atoms with E-state index in [4.69, 9.17) is 11.1 Å². The van der Waals surface area contributed by atoms with E-state index in [1.54, 1.807) is 0 Å². The topological polar surface area (TPSA) is 107 Å². The molecule has 16 heavy (non-hydrogen) atoms. The fourth-order valence-corrected chi connectivity index (χ4v) is 1.65. The average molecular weight is 218 g/mol. The van der Waals surface area contributed by atoms with Gasteiger partial charge in [-0.25, -0.2) is 0 Å². The van der Waals surface area contributed by atoms with Crippen molar-refractivity contribution >= 4 is 5.84 Å². The number of aromatic nitrogens is 4. The van der Waals surface area contributed by atoms with Gasteiger partial charge in [-0.15, -0.1) is 0 Å². The number of rotatable bonds is 2. The summed E-state index contributed by atoms with van der Waals surface area (Å²) in [5, 5.41) is 21.6. The van der Waals surface area contributed by atoms with Gasteiger partial charge in [0.15, 0.2) is 0 Å². The van der Waals surface area contributed by atoms with E-state index in [1.807, 2.05) is 20.8 Å². The Hall–Kier alpha value is -2.11. The summed E-state index contributed by atoms with van der Waals surface area (Å²) in [7, 11) is 0. The van der Waals surface area contributed by atoms with E-state index in [1.165, 1.54) is 0 Å². The zero-order valence-corrected chi connectivity index (χ0v) is 9.47. The van der Waals surface area contributed by atoms with Crippen LogP contribution in [0.4, 0.5) is 0 Å². The summed E-state index contributed by atoms with van der Waals surface area (Å²) in [4.78, 5) is 0. The van der Waals surface area contributed by atoms with Crippen molar-refractivity contribution in [3.05, 3.63) is 22.5 Å². The molecule has 6 heteroatoms. The standard InChI is InChI=1S/C10H14N6/c1-4-5(2)13-15-8(4)9-7(10(11)12)6(3)14-16-9/h1-3H3,(H3,11,12)(H,13,15)(H,14,16). The van der Waals surface area contributed by atoms with Crippen LogP contribution in [0, 0.1) is 26.2 Å². The smallest absolute Gasteiger partial charge is 0.126 e. The van der Waals surface area contributed by atoms with Crippen molar-refractivity contribution in [2.75, 3.05) is 0 Å². The van der Waals surface area contributed by atoms with Gasteiger partial charge in [-0.1, -0.05) is 0 Å². The summed E-state index contributed by atoms with van der Waals surface area (Å²) < 4.78 is 0. The van der Waals surface area contributed by atoms with Gasteiger partial charge in [0, 0.05) is 11.4 Å². The number of nitrogens with zero attached hydrogens (tertiary/aromatic N) is 2. The largest absolute Gasteiger partial charge is 0.384 e. The molecule has 0 aliphatic rings. The minimum atomic E-state index is 0.00121. The minimum Gasteiger partial charge on any atom is -0.384 e. The van der Waals surface area contributed by atoms with Crippen LogP contribution in [0.2, 0.25) is 0 Å². The molecule has 0 atom stereocenters. The van der Waals surface area contributed by atoms with Crippen molar-refractivity contribution in [2.24, 2.45) is 5.73 Å². The molecule has 0 radical (unpaired) electrons. The SMILES string of the molecule is Cc1[nH]nc(-c2n[nH]c(C)c2C(=N)N)c1C. The van der Waals surface area contributed by atoms with Gasteiger partial charge in [-0.05, 0) is 26.3 Å². The van der Waals surface area contributed by atoms with Crippen LogP contribution in [0.1, 0.15) is 22.5 Å². The van der Waals surface area contributed by atoms with Gasteiger partial charge in [-0.3, -0.25) is 15.6 Å². The molecule has 0 bridgehead atoms. The summed E-state index contributed by atoms with van der Waals surface area (Å²) >= 11 is 0. The molecule has 0 amide bonds. The number of H-pyrrole nitrogens is 2. The highest BCUT2D eigenvalue weighted by atomic mass is 15.2. The van der Waals surface area contributed by atoms with Crippen molar-refractivity contribution < 1.29 is 0 Å². The van der Waals surface area contributed by atoms with Crippen LogP contribution in [0.5, 0.6) is 0 Å². The summed E-state index contributed by atoms with van der Waals surface area (Å²) in [6.07, 6.45) is 0. The number of nitrogens with one attached hydrogen (secondary N) is 3. The lowest BCUT2D eigenvalue weighted by Crippen LogP contribution is -2.13. The maximum Gasteiger partial charge on any atom is 0.126 e. The van der Waals surface area contributed by atoms with Crippen LogP contribution >= 0.6 is 0 Å². The molecule has 6 nitrogen and oxygen atoms in total. The van der Waals surface area contributed by atoms with Gasteiger partial charge in [0.05, 0.1) is 5.56 Å². The number of nitrogen functional groups attached to an aromatic ring is 1. The first-order chi connectivity index (χ1) is 7.52. The molecule has 0 spiro atoms.